The first-order chi connectivity index (χ1) is 15.9. The number of rotatable bonds is 5. The van der Waals surface area contributed by atoms with Crippen molar-refractivity contribution in [3.63, 3.8) is 0 Å². The number of carbonyl (C=O) groups is 1. The Labute approximate surface area is 199 Å². The average molecular weight is 477 g/mol. The zero-order valence-electron chi connectivity index (χ0n) is 17.8. The van der Waals surface area contributed by atoms with E-state index >= 15 is 0 Å². The summed E-state index contributed by atoms with van der Waals surface area (Å²) in [5, 5.41) is 5.73. The van der Waals surface area contributed by atoms with Gasteiger partial charge in [0.25, 0.3) is 11.7 Å². The van der Waals surface area contributed by atoms with Crippen LogP contribution in [0.15, 0.2) is 65.4 Å². The van der Waals surface area contributed by atoms with Crippen molar-refractivity contribution in [3.05, 3.63) is 99.2 Å². The highest BCUT2D eigenvalue weighted by Crippen LogP contribution is 2.36. The predicted octanol–water partition coefficient (Wildman–Crippen LogP) is 6.29. The van der Waals surface area contributed by atoms with E-state index in [1.54, 1.807) is 24.5 Å². The van der Waals surface area contributed by atoms with E-state index in [2.05, 4.69) is 15.1 Å². The molecule has 0 aliphatic rings. The van der Waals surface area contributed by atoms with Crippen molar-refractivity contribution in [2.24, 2.45) is 0 Å². The number of benzene rings is 2. The quantitative estimate of drug-likeness (QED) is 0.278. The summed E-state index contributed by atoms with van der Waals surface area (Å²) >= 11 is 12.9. The number of pyridine rings is 1. The molecule has 164 valence electrons. The molecule has 0 unspecified atom stereocenters. The van der Waals surface area contributed by atoms with Gasteiger partial charge in [-0.15, -0.1) is 0 Å². The van der Waals surface area contributed by atoms with Gasteiger partial charge in [0.05, 0.1) is 11.1 Å². The Morgan fingerprint density at radius 2 is 1.73 bits per heavy atom. The van der Waals surface area contributed by atoms with Gasteiger partial charge >= 0.3 is 0 Å². The highest BCUT2D eigenvalue weighted by Gasteiger charge is 2.28. The van der Waals surface area contributed by atoms with Crippen molar-refractivity contribution in [1.29, 1.82) is 0 Å². The van der Waals surface area contributed by atoms with E-state index in [0.717, 1.165) is 27.6 Å². The number of fused-ring (bicyclic) bond motifs is 1. The van der Waals surface area contributed by atoms with Crippen LogP contribution in [-0.2, 0) is 6.54 Å². The fourth-order valence-electron chi connectivity index (χ4n) is 3.86. The molecule has 5 rings (SSSR count). The molecule has 0 saturated heterocycles. The predicted molar refractivity (Wildman–Crippen MR) is 128 cm³/mol. The highest BCUT2D eigenvalue weighted by molar-refractivity contribution is 6.37. The number of aryl methyl sites for hydroxylation is 2. The summed E-state index contributed by atoms with van der Waals surface area (Å²) in [7, 11) is 0. The zero-order chi connectivity index (χ0) is 23.1. The van der Waals surface area contributed by atoms with E-state index in [-0.39, 0.29) is 5.89 Å². The normalized spacial score (nSPS) is 11.3. The maximum absolute atomic E-state index is 13.6. The molecule has 6 nitrogen and oxygen atoms in total. The minimum absolute atomic E-state index is 0.116. The van der Waals surface area contributed by atoms with Crippen molar-refractivity contribution in [2.45, 2.75) is 20.4 Å². The Balaban J connectivity index is 1.64. The summed E-state index contributed by atoms with van der Waals surface area (Å²) in [6.45, 7) is 4.46. The van der Waals surface area contributed by atoms with Crippen LogP contribution in [0.3, 0.4) is 0 Å². The van der Waals surface area contributed by atoms with Gasteiger partial charge in [0.1, 0.15) is 5.15 Å². The van der Waals surface area contributed by atoms with Gasteiger partial charge in [-0.2, -0.15) is 4.98 Å². The van der Waals surface area contributed by atoms with E-state index < -0.39 is 5.78 Å². The van der Waals surface area contributed by atoms with Gasteiger partial charge in [-0.1, -0.05) is 46.6 Å². The lowest BCUT2D eigenvalue weighted by molar-refractivity contribution is 0.0995. The molecule has 0 amide bonds. The van der Waals surface area contributed by atoms with E-state index in [1.807, 2.05) is 54.8 Å². The fourth-order valence-corrected chi connectivity index (χ4v) is 4.32. The van der Waals surface area contributed by atoms with E-state index in [4.69, 9.17) is 27.7 Å². The number of carbonyl (C=O) groups excluding carboxylic acids is 1. The SMILES string of the molecule is Cc1ccc2c(c1C)c(C(=O)c1nc(-c3ccncc3)no1)c(Cl)n2Cc1ccc(Cl)cc1. The van der Waals surface area contributed by atoms with Crippen molar-refractivity contribution in [3.8, 4) is 11.4 Å². The van der Waals surface area contributed by atoms with Crippen molar-refractivity contribution >= 4 is 39.9 Å². The van der Waals surface area contributed by atoms with Crippen LogP contribution in [-0.4, -0.2) is 25.5 Å². The van der Waals surface area contributed by atoms with E-state index in [0.29, 0.717) is 33.7 Å². The second-order valence-corrected chi connectivity index (χ2v) is 8.56. The maximum Gasteiger partial charge on any atom is 0.299 e. The van der Waals surface area contributed by atoms with E-state index in [1.165, 1.54) is 0 Å². The van der Waals surface area contributed by atoms with Gasteiger partial charge in [0.15, 0.2) is 0 Å². The first-order valence-corrected chi connectivity index (χ1v) is 11.0. The monoisotopic (exact) mass is 476 g/mol. The highest BCUT2D eigenvalue weighted by atomic mass is 35.5. The molecule has 0 spiro atoms. The van der Waals surface area contributed by atoms with Crippen molar-refractivity contribution < 1.29 is 9.32 Å². The topological polar surface area (TPSA) is 73.8 Å². The first-order valence-electron chi connectivity index (χ1n) is 10.2. The fraction of sp³-hybridized carbons (Fsp3) is 0.120. The summed E-state index contributed by atoms with van der Waals surface area (Å²) in [5.74, 6) is -0.216. The summed E-state index contributed by atoms with van der Waals surface area (Å²) < 4.78 is 7.25. The third-order valence-electron chi connectivity index (χ3n) is 5.74. The molecule has 2 aromatic carbocycles. The van der Waals surface area contributed by atoms with Crippen LogP contribution in [0.1, 0.15) is 32.9 Å². The molecule has 3 aromatic heterocycles. The Morgan fingerprint density at radius 1 is 1.00 bits per heavy atom. The van der Waals surface area contributed by atoms with Crippen LogP contribution in [0.25, 0.3) is 22.3 Å². The van der Waals surface area contributed by atoms with E-state index in [9.17, 15) is 4.79 Å². The Hall–Kier alpha value is -3.48. The van der Waals surface area contributed by atoms with Gasteiger partial charge in [-0.25, -0.2) is 0 Å². The van der Waals surface area contributed by atoms with Gasteiger partial charge in [-0.3, -0.25) is 9.78 Å². The molecule has 5 aromatic rings. The van der Waals surface area contributed by atoms with Crippen LogP contribution >= 0.6 is 23.2 Å². The summed E-state index contributed by atoms with van der Waals surface area (Å²) in [5.41, 5.74) is 4.95. The molecule has 0 atom stereocenters. The van der Waals surface area contributed by atoms with Crippen molar-refractivity contribution in [2.75, 3.05) is 0 Å². The second kappa shape index (κ2) is 8.46. The molecule has 8 heteroatoms. The van der Waals surface area contributed by atoms with Crippen LogP contribution in [0, 0.1) is 13.8 Å². The van der Waals surface area contributed by atoms with Crippen molar-refractivity contribution in [1.82, 2.24) is 19.7 Å². The Morgan fingerprint density at radius 3 is 2.45 bits per heavy atom. The van der Waals surface area contributed by atoms with Crippen LogP contribution < -0.4 is 0 Å². The minimum Gasteiger partial charge on any atom is -0.330 e. The molecule has 0 radical (unpaired) electrons. The Bertz CT molecular complexity index is 1490. The number of hydrogen-bond acceptors (Lipinski definition) is 5. The molecule has 0 aliphatic carbocycles. The number of ketones is 1. The first kappa shape index (κ1) is 21.4. The molecule has 0 aliphatic heterocycles. The summed E-state index contributed by atoms with van der Waals surface area (Å²) in [6, 6.07) is 15.0. The Kier molecular flexibility index (Phi) is 5.48. The summed E-state index contributed by atoms with van der Waals surface area (Å²) in [4.78, 5) is 21.9. The van der Waals surface area contributed by atoms with Gasteiger partial charge in [-0.05, 0) is 60.9 Å². The van der Waals surface area contributed by atoms with Gasteiger partial charge < -0.3 is 9.09 Å². The number of hydrogen-bond donors (Lipinski definition) is 0. The average Bonchev–Trinajstić information content (AvgIpc) is 3.42. The standard InChI is InChI=1S/C25H18Cl2N4O2/c1-14-3-8-19-20(15(14)2)21(23(27)31(19)13-16-4-6-18(26)7-5-16)22(32)25-29-24(30-33-25)17-9-11-28-12-10-17/h3-12H,13H2,1-2H3. The molecule has 33 heavy (non-hydrogen) atoms. The third kappa shape index (κ3) is 3.81. The summed E-state index contributed by atoms with van der Waals surface area (Å²) in [6.07, 6.45) is 3.25. The molecule has 3 heterocycles. The molecule has 0 bridgehead atoms. The lowest BCUT2D eigenvalue weighted by atomic mass is 10.0. The van der Waals surface area contributed by atoms with Gasteiger partial charge in [0, 0.05) is 34.9 Å². The lowest BCUT2D eigenvalue weighted by Crippen LogP contribution is -2.04. The third-order valence-corrected chi connectivity index (χ3v) is 6.38. The molecule has 0 saturated carbocycles. The number of halogens is 2. The molecule has 0 fully saturated rings. The maximum atomic E-state index is 13.6. The zero-order valence-corrected chi connectivity index (χ0v) is 19.4. The van der Waals surface area contributed by atoms with Crippen LogP contribution in [0.5, 0.6) is 0 Å². The minimum atomic E-state index is -0.415. The van der Waals surface area contributed by atoms with Crippen LogP contribution in [0.4, 0.5) is 0 Å². The molecular weight excluding hydrogens is 459 g/mol. The largest absolute Gasteiger partial charge is 0.330 e. The lowest BCUT2D eigenvalue weighted by Gasteiger charge is -2.09. The smallest absolute Gasteiger partial charge is 0.299 e. The molecular formula is C25H18Cl2N4O2. The van der Waals surface area contributed by atoms with Crippen LogP contribution in [0.2, 0.25) is 10.2 Å². The number of aromatic nitrogens is 4. The number of nitrogens with zero attached hydrogens (tertiary/aromatic N) is 4. The molecule has 0 N–H and O–H groups in total. The van der Waals surface area contributed by atoms with Gasteiger partial charge in [0.2, 0.25) is 5.82 Å². The second-order valence-electron chi connectivity index (χ2n) is 7.77.